The Labute approximate surface area is 180 Å². The van der Waals surface area contributed by atoms with E-state index in [1.54, 1.807) is 16.8 Å². The van der Waals surface area contributed by atoms with Crippen molar-refractivity contribution in [2.45, 2.75) is 31.6 Å². The highest BCUT2D eigenvalue weighted by atomic mass is 16.5. The van der Waals surface area contributed by atoms with Crippen molar-refractivity contribution in [2.24, 2.45) is 11.8 Å². The molecule has 2 saturated heterocycles. The van der Waals surface area contributed by atoms with Gasteiger partial charge in [-0.3, -0.25) is 9.59 Å². The molecule has 7 nitrogen and oxygen atoms in total. The molecule has 0 unspecified atom stereocenters. The normalized spacial score (nSPS) is 28.4. The molecular weight excluding hydrogens is 396 g/mol. The molecule has 4 heterocycles. The SMILES string of the molecule is Cc1ccc(CN(C)C(=O)[C@H]2[C@@H]3C=C[C@@]4(CN(c5ccc(CCO)cc5)C(=O)[C@H]24)O3)o1. The summed E-state index contributed by atoms with van der Waals surface area (Å²) in [6.45, 7) is 2.70. The van der Waals surface area contributed by atoms with Crippen LogP contribution in [0.15, 0.2) is 53.0 Å². The van der Waals surface area contributed by atoms with Crippen LogP contribution in [0.2, 0.25) is 0 Å². The highest BCUT2D eigenvalue weighted by Crippen LogP contribution is 2.53. The lowest BCUT2D eigenvalue weighted by Crippen LogP contribution is -2.44. The zero-order valence-corrected chi connectivity index (χ0v) is 17.7. The lowest BCUT2D eigenvalue weighted by atomic mass is 9.76. The first kappa shape index (κ1) is 20.0. The molecule has 2 fully saturated rings. The van der Waals surface area contributed by atoms with Crippen LogP contribution in [0.4, 0.5) is 5.69 Å². The van der Waals surface area contributed by atoms with Crippen molar-refractivity contribution in [1.82, 2.24) is 4.90 Å². The Morgan fingerprint density at radius 1 is 1.26 bits per heavy atom. The van der Waals surface area contributed by atoms with Crippen LogP contribution < -0.4 is 4.90 Å². The summed E-state index contributed by atoms with van der Waals surface area (Å²) in [4.78, 5) is 30.2. The number of hydrogen-bond donors (Lipinski definition) is 1. The van der Waals surface area contributed by atoms with Crippen LogP contribution in [0.5, 0.6) is 0 Å². The lowest BCUT2D eigenvalue weighted by Gasteiger charge is -2.27. The van der Waals surface area contributed by atoms with Gasteiger partial charge in [0.15, 0.2) is 0 Å². The van der Waals surface area contributed by atoms with Gasteiger partial charge in [-0.05, 0) is 43.2 Å². The summed E-state index contributed by atoms with van der Waals surface area (Å²) < 4.78 is 11.8. The van der Waals surface area contributed by atoms with E-state index in [-0.39, 0.29) is 24.5 Å². The molecule has 4 atom stereocenters. The predicted molar refractivity (Wildman–Crippen MR) is 113 cm³/mol. The first-order chi connectivity index (χ1) is 14.9. The summed E-state index contributed by atoms with van der Waals surface area (Å²) in [6.07, 6.45) is 4.08. The molecule has 0 saturated carbocycles. The van der Waals surface area contributed by atoms with E-state index in [1.807, 2.05) is 55.5 Å². The number of ether oxygens (including phenoxy) is 1. The molecule has 3 aliphatic heterocycles. The molecule has 3 aliphatic rings. The second kappa shape index (κ2) is 7.35. The summed E-state index contributed by atoms with van der Waals surface area (Å²) in [6, 6.07) is 11.3. The van der Waals surface area contributed by atoms with Gasteiger partial charge in [-0.15, -0.1) is 0 Å². The third kappa shape index (κ3) is 3.20. The minimum absolute atomic E-state index is 0.0812. The van der Waals surface area contributed by atoms with Gasteiger partial charge in [0, 0.05) is 19.3 Å². The second-order valence-electron chi connectivity index (χ2n) is 8.67. The maximum Gasteiger partial charge on any atom is 0.234 e. The smallest absolute Gasteiger partial charge is 0.234 e. The molecule has 0 radical (unpaired) electrons. The number of anilines is 1. The van der Waals surface area contributed by atoms with Gasteiger partial charge in [-0.2, -0.15) is 0 Å². The molecule has 2 amide bonds. The number of nitrogens with zero attached hydrogens (tertiary/aromatic N) is 2. The number of carbonyl (C=O) groups is 2. The fourth-order valence-corrected chi connectivity index (χ4v) is 5.11. The van der Waals surface area contributed by atoms with E-state index < -0.39 is 17.4 Å². The molecule has 7 heteroatoms. The van der Waals surface area contributed by atoms with Gasteiger partial charge in [-0.1, -0.05) is 24.3 Å². The number of benzene rings is 1. The van der Waals surface area contributed by atoms with Gasteiger partial charge in [0.2, 0.25) is 11.8 Å². The Hall–Kier alpha value is -2.90. The number of hydrogen-bond acceptors (Lipinski definition) is 5. The monoisotopic (exact) mass is 422 g/mol. The highest BCUT2D eigenvalue weighted by molar-refractivity contribution is 6.03. The summed E-state index contributed by atoms with van der Waals surface area (Å²) in [5, 5.41) is 9.11. The first-order valence-corrected chi connectivity index (χ1v) is 10.6. The van der Waals surface area contributed by atoms with Crippen molar-refractivity contribution in [1.29, 1.82) is 0 Å². The van der Waals surface area contributed by atoms with Crippen LogP contribution in [-0.4, -0.2) is 53.7 Å². The first-order valence-electron chi connectivity index (χ1n) is 10.6. The largest absolute Gasteiger partial charge is 0.464 e. The molecule has 1 spiro atoms. The van der Waals surface area contributed by atoms with Crippen LogP contribution in [0, 0.1) is 18.8 Å². The van der Waals surface area contributed by atoms with Crippen LogP contribution in [0.3, 0.4) is 0 Å². The standard InChI is InChI=1S/C24H26N2O5/c1-15-3-8-18(30-15)13-25(2)22(28)20-19-9-11-24(31-19)14-26(23(29)21(20)24)17-6-4-16(5-7-17)10-12-27/h3-9,11,19-21,27H,10,12-14H2,1-2H3/t19-,20-,21-,24-/m0/s1. The Kier molecular flexibility index (Phi) is 4.75. The van der Waals surface area contributed by atoms with Gasteiger partial charge >= 0.3 is 0 Å². The Balaban J connectivity index is 1.37. The van der Waals surface area contributed by atoms with Crippen molar-refractivity contribution < 1.29 is 23.8 Å². The molecule has 2 aromatic rings. The molecule has 1 aromatic carbocycles. The summed E-state index contributed by atoms with van der Waals surface area (Å²) in [5.41, 5.74) is 1.03. The van der Waals surface area contributed by atoms with Gasteiger partial charge < -0.3 is 24.1 Å². The van der Waals surface area contributed by atoms with Crippen LogP contribution in [0.25, 0.3) is 0 Å². The third-order valence-electron chi connectivity index (χ3n) is 6.60. The number of amides is 2. The maximum absolute atomic E-state index is 13.5. The van der Waals surface area contributed by atoms with Gasteiger partial charge in [0.25, 0.3) is 0 Å². The fraction of sp³-hybridized carbons (Fsp3) is 0.417. The molecule has 1 N–H and O–H groups in total. The van der Waals surface area contributed by atoms with Crippen molar-refractivity contribution in [2.75, 3.05) is 25.1 Å². The third-order valence-corrected chi connectivity index (χ3v) is 6.60. The van der Waals surface area contributed by atoms with E-state index in [0.29, 0.717) is 25.3 Å². The van der Waals surface area contributed by atoms with E-state index in [1.165, 1.54) is 0 Å². The minimum atomic E-state index is -0.756. The Bertz CT molecular complexity index is 1040. The van der Waals surface area contributed by atoms with Crippen LogP contribution in [0.1, 0.15) is 17.1 Å². The van der Waals surface area contributed by atoms with Gasteiger partial charge in [0.1, 0.15) is 17.1 Å². The summed E-state index contributed by atoms with van der Waals surface area (Å²) in [5.74, 6) is 0.244. The molecule has 2 bridgehead atoms. The average molecular weight is 422 g/mol. The van der Waals surface area contributed by atoms with E-state index in [2.05, 4.69) is 0 Å². The van der Waals surface area contributed by atoms with Crippen molar-refractivity contribution in [3.8, 4) is 0 Å². The number of fused-ring (bicyclic) bond motifs is 1. The number of aliphatic hydroxyl groups is 1. The van der Waals surface area contributed by atoms with E-state index in [9.17, 15) is 9.59 Å². The van der Waals surface area contributed by atoms with Crippen LogP contribution >= 0.6 is 0 Å². The summed E-state index contributed by atoms with van der Waals surface area (Å²) >= 11 is 0. The number of aryl methyl sites for hydroxylation is 1. The minimum Gasteiger partial charge on any atom is -0.464 e. The number of carbonyl (C=O) groups excluding carboxylic acids is 2. The maximum atomic E-state index is 13.5. The summed E-state index contributed by atoms with van der Waals surface area (Å²) in [7, 11) is 1.74. The molecule has 5 rings (SSSR count). The number of aliphatic hydroxyl groups excluding tert-OH is 1. The second-order valence-corrected chi connectivity index (χ2v) is 8.67. The fourth-order valence-electron chi connectivity index (χ4n) is 5.11. The highest BCUT2D eigenvalue weighted by Gasteiger charge is 2.67. The van der Waals surface area contributed by atoms with Crippen molar-refractivity contribution in [3.63, 3.8) is 0 Å². The zero-order valence-electron chi connectivity index (χ0n) is 17.7. The van der Waals surface area contributed by atoms with E-state index >= 15 is 0 Å². The predicted octanol–water partition coefficient (Wildman–Crippen LogP) is 2.07. The average Bonchev–Trinajstić information content (AvgIpc) is 3.50. The van der Waals surface area contributed by atoms with Crippen LogP contribution in [-0.2, 0) is 27.3 Å². The van der Waals surface area contributed by atoms with E-state index in [4.69, 9.17) is 14.3 Å². The lowest BCUT2D eigenvalue weighted by molar-refractivity contribution is -0.139. The van der Waals surface area contributed by atoms with Crippen molar-refractivity contribution in [3.05, 3.63) is 65.6 Å². The topological polar surface area (TPSA) is 83.2 Å². The van der Waals surface area contributed by atoms with Gasteiger partial charge in [-0.25, -0.2) is 0 Å². The Morgan fingerprint density at radius 2 is 2.03 bits per heavy atom. The molecular formula is C24H26N2O5. The zero-order chi connectivity index (χ0) is 21.8. The molecule has 1 aromatic heterocycles. The molecule has 0 aliphatic carbocycles. The van der Waals surface area contributed by atoms with E-state index in [0.717, 1.165) is 17.0 Å². The number of rotatable bonds is 6. The molecule has 162 valence electrons. The molecule has 31 heavy (non-hydrogen) atoms. The quantitative estimate of drug-likeness (QED) is 0.721. The van der Waals surface area contributed by atoms with Crippen molar-refractivity contribution >= 4 is 17.5 Å². The van der Waals surface area contributed by atoms with Gasteiger partial charge in [0.05, 0.1) is 31.0 Å². The Morgan fingerprint density at radius 3 is 2.71 bits per heavy atom. The number of furan rings is 1.